The molecule has 0 aliphatic carbocycles. The van der Waals surface area contributed by atoms with Gasteiger partial charge in [0, 0.05) is 31.7 Å². The lowest BCUT2D eigenvalue weighted by atomic mass is 9.79. The first-order valence-corrected chi connectivity index (χ1v) is 10.7. The van der Waals surface area contributed by atoms with E-state index in [1.165, 1.54) is 19.2 Å². The highest BCUT2D eigenvalue weighted by atomic mass is 16.5. The van der Waals surface area contributed by atoms with Gasteiger partial charge in [0.05, 0.1) is 5.69 Å². The maximum Gasteiger partial charge on any atom is 0.260 e. The number of nitrogens with one attached hydrogen (secondary N) is 1. The minimum Gasteiger partial charge on any atom is -0.481 e. The lowest BCUT2D eigenvalue weighted by Crippen LogP contribution is -2.49. The molecule has 1 aromatic carbocycles. The second-order valence-corrected chi connectivity index (χ2v) is 8.32. The number of likely N-dealkylation sites (tertiary alicyclic amines) is 1. The van der Waals surface area contributed by atoms with Gasteiger partial charge in [0.15, 0.2) is 6.10 Å². The molecule has 162 valence electrons. The molecular weight excluding hydrogens is 384 g/mol. The number of amides is 1. The zero-order valence-corrected chi connectivity index (χ0v) is 17.5. The number of hydrogen-bond donors (Lipinski definition) is 1. The summed E-state index contributed by atoms with van der Waals surface area (Å²) < 4.78 is 13.0. The van der Waals surface area contributed by atoms with Gasteiger partial charge >= 0.3 is 0 Å². The van der Waals surface area contributed by atoms with E-state index in [1.54, 1.807) is 11.6 Å². The standard InChI is InChI=1S/C21H30N6O3/c1-17(30-19-6-4-18(5-7-19)27-16-23-24-25-27)20(28)22-14-21(8-12-29-13-9-21)15-26-10-2-3-11-26/h4-7,16-17H,2-3,8-15H2,1H3,(H,22,28). The third kappa shape index (κ3) is 5.14. The van der Waals surface area contributed by atoms with Crippen molar-refractivity contribution in [1.29, 1.82) is 0 Å². The van der Waals surface area contributed by atoms with Crippen LogP contribution in [0.4, 0.5) is 0 Å². The Morgan fingerprint density at radius 3 is 2.63 bits per heavy atom. The number of nitrogens with zero attached hydrogens (tertiary/aromatic N) is 5. The summed E-state index contributed by atoms with van der Waals surface area (Å²) in [6, 6.07) is 7.33. The van der Waals surface area contributed by atoms with Gasteiger partial charge in [0.2, 0.25) is 0 Å². The molecule has 30 heavy (non-hydrogen) atoms. The fraction of sp³-hybridized carbons (Fsp3) is 0.619. The third-order valence-corrected chi connectivity index (χ3v) is 6.08. The number of benzene rings is 1. The van der Waals surface area contributed by atoms with Crippen molar-refractivity contribution in [2.24, 2.45) is 5.41 Å². The topological polar surface area (TPSA) is 94.4 Å². The lowest BCUT2D eigenvalue weighted by Gasteiger charge is -2.40. The molecule has 2 aliphatic rings. The van der Waals surface area contributed by atoms with Crippen molar-refractivity contribution in [2.45, 2.75) is 38.7 Å². The SMILES string of the molecule is CC(Oc1ccc(-n2cnnn2)cc1)C(=O)NCC1(CN2CCCC2)CCOCC1. The Labute approximate surface area is 176 Å². The number of hydrogen-bond acceptors (Lipinski definition) is 7. The molecule has 0 radical (unpaired) electrons. The summed E-state index contributed by atoms with van der Waals surface area (Å²) in [4.78, 5) is 15.2. The molecule has 2 aromatic rings. The fourth-order valence-corrected chi connectivity index (χ4v) is 4.24. The van der Waals surface area contributed by atoms with Gasteiger partial charge < -0.3 is 19.7 Å². The maximum atomic E-state index is 12.7. The van der Waals surface area contributed by atoms with Crippen LogP contribution in [0.3, 0.4) is 0 Å². The van der Waals surface area contributed by atoms with E-state index in [4.69, 9.17) is 9.47 Å². The Kier molecular flexibility index (Phi) is 6.59. The summed E-state index contributed by atoms with van der Waals surface area (Å²) in [5.41, 5.74) is 0.915. The van der Waals surface area contributed by atoms with Crippen molar-refractivity contribution in [3.8, 4) is 11.4 Å². The molecule has 9 nitrogen and oxygen atoms in total. The van der Waals surface area contributed by atoms with Crippen LogP contribution >= 0.6 is 0 Å². The van der Waals surface area contributed by atoms with Crippen molar-refractivity contribution in [3.63, 3.8) is 0 Å². The molecule has 3 heterocycles. The average Bonchev–Trinajstić information content (AvgIpc) is 3.48. The predicted molar refractivity (Wildman–Crippen MR) is 110 cm³/mol. The molecule has 1 N–H and O–H groups in total. The first kappa shape index (κ1) is 20.7. The van der Waals surface area contributed by atoms with Crippen LogP contribution in [0.5, 0.6) is 5.75 Å². The fourth-order valence-electron chi connectivity index (χ4n) is 4.24. The van der Waals surface area contributed by atoms with Gasteiger partial charge in [-0.1, -0.05) is 0 Å². The first-order chi connectivity index (χ1) is 14.6. The third-order valence-electron chi connectivity index (χ3n) is 6.08. The number of tetrazole rings is 1. The molecule has 0 bridgehead atoms. The average molecular weight is 415 g/mol. The van der Waals surface area contributed by atoms with Crippen LogP contribution in [0.1, 0.15) is 32.6 Å². The Bertz CT molecular complexity index is 799. The molecule has 0 saturated carbocycles. The largest absolute Gasteiger partial charge is 0.481 e. The Morgan fingerprint density at radius 2 is 1.97 bits per heavy atom. The molecule has 1 amide bonds. The lowest BCUT2D eigenvalue weighted by molar-refractivity contribution is -0.128. The van der Waals surface area contributed by atoms with Crippen LogP contribution in [0.15, 0.2) is 30.6 Å². The van der Waals surface area contributed by atoms with Crippen LogP contribution in [0.2, 0.25) is 0 Å². The predicted octanol–water partition coefficient (Wildman–Crippen LogP) is 1.44. The molecular formula is C21H30N6O3. The minimum atomic E-state index is -0.576. The van der Waals surface area contributed by atoms with Crippen LogP contribution in [-0.4, -0.2) is 76.5 Å². The number of ether oxygens (including phenoxy) is 2. The molecule has 0 spiro atoms. The van der Waals surface area contributed by atoms with Gasteiger partial charge in [-0.15, -0.1) is 5.10 Å². The second kappa shape index (κ2) is 9.53. The number of carbonyl (C=O) groups is 1. The van der Waals surface area contributed by atoms with E-state index < -0.39 is 6.10 Å². The molecule has 9 heteroatoms. The highest BCUT2D eigenvalue weighted by Gasteiger charge is 2.36. The van der Waals surface area contributed by atoms with E-state index in [-0.39, 0.29) is 11.3 Å². The van der Waals surface area contributed by atoms with E-state index in [0.717, 1.165) is 51.4 Å². The summed E-state index contributed by atoms with van der Waals surface area (Å²) in [5.74, 6) is 0.541. The molecule has 1 unspecified atom stereocenters. The molecule has 1 aromatic heterocycles. The van der Waals surface area contributed by atoms with E-state index >= 15 is 0 Å². The highest BCUT2D eigenvalue weighted by Crippen LogP contribution is 2.32. The zero-order chi connectivity index (χ0) is 20.8. The minimum absolute atomic E-state index is 0.0887. The van der Waals surface area contributed by atoms with Gasteiger partial charge in [0.1, 0.15) is 12.1 Å². The Hall–Kier alpha value is -2.52. The smallest absolute Gasteiger partial charge is 0.260 e. The van der Waals surface area contributed by atoms with E-state index in [0.29, 0.717) is 12.3 Å². The van der Waals surface area contributed by atoms with Crippen molar-refractivity contribution in [1.82, 2.24) is 30.4 Å². The molecule has 1 atom stereocenters. The molecule has 2 aliphatic heterocycles. The normalized spacial score (nSPS) is 20.0. The van der Waals surface area contributed by atoms with Crippen molar-refractivity contribution >= 4 is 5.91 Å². The summed E-state index contributed by atoms with van der Waals surface area (Å²) in [6.45, 7) is 7.34. The van der Waals surface area contributed by atoms with Crippen LogP contribution < -0.4 is 10.1 Å². The van der Waals surface area contributed by atoms with Crippen LogP contribution in [0, 0.1) is 5.41 Å². The van der Waals surface area contributed by atoms with Crippen molar-refractivity contribution in [3.05, 3.63) is 30.6 Å². The van der Waals surface area contributed by atoms with E-state index in [2.05, 4.69) is 25.7 Å². The van der Waals surface area contributed by atoms with Gasteiger partial charge in [-0.2, -0.15) is 0 Å². The quantitative estimate of drug-likeness (QED) is 0.698. The molecule has 2 saturated heterocycles. The first-order valence-electron chi connectivity index (χ1n) is 10.7. The van der Waals surface area contributed by atoms with Crippen molar-refractivity contribution < 1.29 is 14.3 Å². The Balaban J connectivity index is 1.30. The summed E-state index contributed by atoms with van der Waals surface area (Å²) in [6.07, 6.45) is 5.47. The zero-order valence-electron chi connectivity index (χ0n) is 17.5. The highest BCUT2D eigenvalue weighted by molar-refractivity contribution is 5.80. The van der Waals surface area contributed by atoms with Gasteiger partial charge in [-0.05, 0) is 80.4 Å². The number of aromatic nitrogens is 4. The molecule has 4 rings (SSSR count). The van der Waals surface area contributed by atoms with Crippen molar-refractivity contribution in [2.75, 3.05) is 39.4 Å². The van der Waals surface area contributed by atoms with Crippen LogP contribution in [0.25, 0.3) is 5.69 Å². The summed E-state index contributed by atoms with van der Waals surface area (Å²) in [7, 11) is 0. The summed E-state index contributed by atoms with van der Waals surface area (Å²) in [5, 5.41) is 14.3. The number of carbonyl (C=O) groups excluding carboxylic acids is 1. The van der Waals surface area contributed by atoms with Gasteiger partial charge in [-0.3, -0.25) is 4.79 Å². The number of rotatable bonds is 8. The van der Waals surface area contributed by atoms with Gasteiger partial charge in [-0.25, -0.2) is 4.68 Å². The second-order valence-electron chi connectivity index (χ2n) is 8.32. The summed E-state index contributed by atoms with van der Waals surface area (Å²) >= 11 is 0. The Morgan fingerprint density at radius 1 is 1.23 bits per heavy atom. The van der Waals surface area contributed by atoms with Gasteiger partial charge in [0.25, 0.3) is 5.91 Å². The van der Waals surface area contributed by atoms with E-state index in [1.807, 2.05) is 24.3 Å². The maximum absolute atomic E-state index is 12.7. The monoisotopic (exact) mass is 414 g/mol. The van der Waals surface area contributed by atoms with E-state index in [9.17, 15) is 4.79 Å². The molecule has 2 fully saturated rings. The van der Waals surface area contributed by atoms with Crippen LogP contribution in [-0.2, 0) is 9.53 Å².